The molecule has 1 aromatic heterocycles. The average Bonchev–Trinajstić information content (AvgIpc) is 2.81. The Morgan fingerprint density at radius 3 is 2.89 bits per heavy atom. The van der Waals surface area contributed by atoms with Crippen LogP contribution in [0.4, 0.5) is 8.78 Å². The monoisotopic (exact) mass is 279 g/mol. The van der Waals surface area contributed by atoms with Crippen LogP contribution in [0.15, 0.2) is 16.5 Å². The summed E-state index contributed by atoms with van der Waals surface area (Å²) in [5.41, 5.74) is 0. The fourth-order valence-electron chi connectivity index (χ4n) is 1.16. The SMILES string of the molecule is CCC(O)CNC(=O)c1ccc(CSC(F)F)o1. The van der Waals surface area contributed by atoms with Gasteiger partial charge in [-0.25, -0.2) is 0 Å². The second-order valence-electron chi connectivity index (χ2n) is 3.61. The molecule has 0 fully saturated rings. The van der Waals surface area contributed by atoms with E-state index in [1.165, 1.54) is 12.1 Å². The van der Waals surface area contributed by atoms with E-state index >= 15 is 0 Å². The van der Waals surface area contributed by atoms with Gasteiger partial charge in [0.1, 0.15) is 5.76 Å². The summed E-state index contributed by atoms with van der Waals surface area (Å²) >= 11 is 0.432. The van der Waals surface area contributed by atoms with Crippen LogP contribution in [0.3, 0.4) is 0 Å². The van der Waals surface area contributed by atoms with E-state index in [1.54, 1.807) is 6.92 Å². The van der Waals surface area contributed by atoms with E-state index in [2.05, 4.69) is 5.32 Å². The Balaban J connectivity index is 2.44. The van der Waals surface area contributed by atoms with Crippen LogP contribution < -0.4 is 5.32 Å². The molecule has 0 aromatic carbocycles. The average molecular weight is 279 g/mol. The molecule has 0 saturated carbocycles. The van der Waals surface area contributed by atoms with Gasteiger partial charge in [0, 0.05) is 6.54 Å². The first-order valence-electron chi connectivity index (χ1n) is 5.47. The molecule has 102 valence electrons. The lowest BCUT2D eigenvalue weighted by molar-refractivity contribution is 0.0885. The topological polar surface area (TPSA) is 62.5 Å². The number of hydrogen-bond donors (Lipinski definition) is 2. The molecule has 1 aromatic rings. The molecule has 0 aliphatic rings. The molecule has 2 N–H and O–H groups in total. The number of rotatable bonds is 7. The Morgan fingerprint density at radius 1 is 1.56 bits per heavy atom. The number of carbonyl (C=O) groups is 1. The molecule has 0 radical (unpaired) electrons. The number of nitrogens with one attached hydrogen (secondary N) is 1. The molecule has 0 aliphatic carbocycles. The molecule has 4 nitrogen and oxygen atoms in total. The van der Waals surface area contributed by atoms with Gasteiger partial charge in [0.05, 0.1) is 11.9 Å². The summed E-state index contributed by atoms with van der Waals surface area (Å²) in [4.78, 5) is 11.5. The predicted molar refractivity (Wildman–Crippen MR) is 64.6 cm³/mol. The minimum Gasteiger partial charge on any atom is -0.455 e. The van der Waals surface area contributed by atoms with E-state index in [9.17, 15) is 18.7 Å². The number of amides is 1. The van der Waals surface area contributed by atoms with Crippen molar-refractivity contribution < 1.29 is 23.1 Å². The van der Waals surface area contributed by atoms with Crippen molar-refractivity contribution in [3.63, 3.8) is 0 Å². The second kappa shape index (κ2) is 7.38. The van der Waals surface area contributed by atoms with Crippen LogP contribution in [0.25, 0.3) is 0 Å². The second-order valence-corrected chi connectivity index (χ2v) is 4.59. The van der Waals surface area contributed by atoms with E-state index < -0.39 is 17.8 Å². The highest BCUT2D eigenvalue weighted by Gasteiger charge is 2.13. The number of aliphatic hydroxyl groups excluding tert-OH is 1. The third kappa shape index (κ3) is 5.05. The van der Waals surface area contributed by atoms with Crippen LogP contribution in [0, 0.1) is 0 Å². The van der Waals surface area contributed by atoms with Crippen molar-refractivity contribution in [3.8, 4) is 0 Å². The highest BCUT2D eigenvalue weighted by Crippen LogP contribution is 2.21. The van der Waals surface area contributed by atoms with Gasteiger partial charge in [0.2, 0.25) is 0 Å². The first kappa shape index (κ1) is 15.0. The lowest BCUT2D eigenvalue weighted by Gasteiger charge is -2.07. The van der Waals surface area contributed by atoms with Crippen molar-refractivity contribution in [3.05, 3.63) is 23.7 Å². The largest absolute Gasteiger partial charge is 0.455 e. The molecule has 18 heavy (non-hydrogen) atoms. The zero-order valence-corrected chi connectivity index (χ0v) is 10.7. The lowest BCUT2D eigenvalue weighted by atomic mass is 10.3. The summed E-state index contributed by atoms with van der Waals surface area (Å²) in [6.07, 6.45) is -0.0629. The number of carbonyl (C=O) groups excluding carboxylic acids is 1. The van der Waals surface area contributed by atoms with Crippen LogP contribution in [0.2, 0.25) is 0 Å². The smallest absolute Gasteiger partial charge is 0.287 e. The van der Waals surface area contributed by atoms with Crippen molar-refractivity contribution in [2.45, 2.75) is 31.0 Å². The molecule has 0 aliphatic heterocycles. The molecule has 0 bridgehead atoms. The maximum absolute atomic E-state index is 11.9. The van der Waals surface area contributed by atoms with E-state index in [-0.39, 0.29) is 18.1 Å². The van der Waals surface area contributed by atoms with Crippen LogP contribution in [-0.2, 0) is 5.75 Å². The first-order valence-corrected chi connectivity index (χ1v) is 6.52. The molecule has 7 heteroatoms. The minimum absolute atomic E-state index is 0.0164. The van der Waals surface area contributed by atoms with Crippen molar-refractivity contribution in [1.29, 1.82) is 0 Å². The Kier molecular flexibility index (Phi) is 6.14. The zero-order valence-electron chi connectivity index (χ0n) is 9.86. The lowest BCUT2D eigenvalue weighted by Crippen LogP contribution is -2.31. The highest BCUT2D eigenvalue weighted by atomic mass is 32.2. The first-order chi connectivity index (χ1) is 8.52. The number of halogens is 2. The van der Waals surface area contributed by atoms with Gasteiger partial charge >= 0.3 is 0 Å². The summed E-state index contributed by atoms with van der Waals surface area (Å²) < 4.78 is 29.0. The zero-order chi connectivity index (χ0) is 13.5. The predicted octanol–water partition coefficient (Wildman–Crippen LogP) is 2.24. The maximum atomic E-state index is 11.9. The van der Waals surface area contributed by atoms with Gasteiger partial charge < -0.3 is 14.8 Å². The van der Waals surface area contributed by atoms with Gasteiger partial charge in [-0.05, 0) is 18.6 Å². The Labute approximate surface area is 108 Å². The Morgan fingerprint density at radius 2 is 2.28 bits per heavy atom. The van der Waals surface area contributed by atoms with Crippen LogP contribution in [0.1, 0.15) is 29.7 Å². The van der Waals surface area contributed by atoms with E-state index in [4.69, 9.17) is 4.42 Å². The third-order valence-corrected chi connectivity index (χ3v) is 2.91. The Hall–Kier alpha value is -1.08. The van der Waals surface area contributed by atoms with E-state index in [1.807, 2.05) is 0 Å². The normalized spacial score (nSPS) is 12.7. The molecular weight excluding hydrogens is 264 g/mol. The number of furan rings is 1. The van der Waals surface area contributed by atoms with Gasteiger partial charge in [0.25, 0.3) is 11.7 Å². The minimum atomic E-state index is -2.47. The number of hydrogen-bond acceptors (Lipinski definition) is 4. The molecule has 1 amide bonds. The molecule has 1 heterocycles. The van der Waals surface area contributed by atoms with E-state index in [0.717, 1.165) is 0 Å². The molecule has 0 saturated heterocycles. The number of thioether (sulfide) groups is 1. The summed E-state index contributed by atoms with van der Waals surface area (Å²) in [6, 6.07) is 2.91. The number of aliphatic hydroxyl groups is 1. The van der Waals surface area contributed by atoms with Gasteiger partial charge in [-0.15, -0.1) is 0 Å². The third-order valence-electron chi connectivity index (χ3n) is 2.21. The van der Waals surface area contributed by atoms with Crippen molar-refractivity contribution >= 4 is 17.7 Å². The van der Waals surface area contributed by atoms with Crippen molar-refractivity contribution in [2.75, 3.05) is 6.54 Å². The molecule has 1 atom stereocenters. The van der Waals surface area contributed by atoms with Crippen molar-refractivity contribution in [2.24, 2.45) is 0 Å². The van der Waals surface area contributed by atoms with Crippen LogP contribution >= 0.6 is 11.8 Å². The van der Waals surface area contributed by atoms with Crippen LogP contribution in [0.5, 0.6) is 0 Å². The van der Waals surface area contributed by atoms with Gasteiger partial charge in [0.15, 0.2) is 5.76 Å². The fourth-order valence-corrected chi connectivity index (χ4v) is 1.61. The van der Waals surface area contributed by atoms with Crippen LogP contribution in [-0.4, -0.2) is 29.4 Å². The fraction of sp³-hybridized carbons (Fsp3) is 0.545. The maximum Gasteiger partial charge on any atom is 0.287 e. The summed E-state index contributed by atoms with van der Waals surface area (Å²) in [7, 11) is 0. The van der Waals surface area contributed by atoms with Gasteiger partial charge in [-0.1, -0.05) is 18.7 Å². The number of alkyl halides is 2. The highest BCUT2D eigenvalue weighted by molar-refractivity contribution is 7.98. The Bertz CT molecular complexity index is 384. The molecular formula is C11H15F2NO3S. The summed E-state index contributed by atoms with van der Waals surface area (Å²) in [6.45, 7) is 1.93. The van der Waals surface area contributed by atoms with E-state index in [0.29, 0.717) is 23.9 Å². The standard InChI is InChI=1S/C11H15F2NO3S/c1-2-7(15)5-14-10(16)9-4-3-8(17-9)6-18-11(12)13/h3-4,7,11,15H,2,5-6H2,1H3,(H,14,16). The van der Waals surface area contributed by atoms with Crippen molar-refractivity contribution in [1.82, 2.24) is 5.32 Å². The molecule has 1 unspecified atom stereocenters. The van der Waals surface area contributed by atoms with Gasteiger partial charge in [-0.2, -0.15) is 8.78 Å². The summed E-state index contributed by atoms with van der Waals surface area (Å²) in [5.74, 6) is -2.53. The van der Waals surface area contributed by atoms with Gasteiger partial charge in [-0.3, -0.25) is 4.79 Å². The molecule has 0 spiro atoms. The molecule has 1 rings (SSSR count). The summed E-state index contributed by atoms with van der Waals surface area (Å²) in [5, 5.41) is 11.8. The quantitative estimate of drug-likeness (QED) is 0.803.